The second kappa shape index (κ2) is 10.2. The van der Waals surface area contributed by atoms with Gasteiger partial charge in [-0.2, -0.15) is 0 Å². The van der Waals surface area contributed by atoms with Crippen LogP contribution in [0.5, 0.6) is 5.75 Å². The van der Waals surface area contributed by atoms with Crippen molar-refractivity contribution in [2.24, 2.45) is 0 Å². The average molecular weight is 477 g/mol. The first-order chi connectivity index (χ1) is 15.2. The number of rotatable bonds is 7. The number of nitrogens with zero attached hydrogens (tertiary/aromatic N) is 2. The Morgan fingerprint density at radius 1 is 1.27 bits per heavy atom. The lowest BCUT2D eigenvalue weighted by Gasteiger charge is -2.22. The Bertz CT molecular complexity index is 900. The molecule has 1 aliphatic heterocycles. The van der Waals surface area contributed by atoms with Gasteiger partial charge in [-0.25, -0.2) is 9.59 Å². The smallest absolute Gasteiger partial charge is 0.462 e. The molecular weight excluding hydrogens is 451 g/mol. The number of nitro groups is 1. The second-order valence-corrected chi connectivity index (χ2v) is 8.37. The van der Waals surface area contributed by atoms with Crippen molar-refractivity contribution in [1.82, 2.24) is 10.2 Å². The fourth-order valence-electron chi connectivity index (χ4n) is 3.29. The van der Waals surface area contributed by atoms with Crippen LogP contribution in [0.15, 0.2) is 12.1 Å². The van der Waals surface area contributed by atoms with Crippen LogP contribution in [0.3, 0.4) is 0 Å². The monoisotopic (exact) mass is 477 g/mol. The highest BCUT2D eigenvalue weighted by molar-refractivity contribution is 5.94. The number of alkyl halides is 3. The number of alkyl carbamates (subject to hydrolysis) is 1. The molecule has 1 heterocycles. The molecule has 0 spiro atoms. The average Bonchev–Trinajstić information content (AvgIpc) is 3.06. The highest BCUT2D eigenvalue weighted by Gasteiger charge is 2.35. The molecule has 1 aromatic rings. The molecule has 33 heavy (non-hydrogen) atoms. The Labute approximate surface area is 188 Å². The zero-order chi connectivity index (χ0) is 25.0. The van der Waals surface area contributed by atoms with Crippen molar-refractivity contribution in [2.75, 3.05) is 19.7 Å². The number of benzene rings is 1. The van der Waals surface area contributed by atoms with Gasteiger partial charge in [0.15, 0.2) is 0 Å². The van der Waals surface area contributed by atoms with Crippen molar-refractivity contribution in [3.05, 3.63) is 33.4 Å². The Kier molecular flexibility index (Phi) is 8.11. The van der Waals surface area contributed by atoms with Crippen molar-refractivity contribution in [3.8, 4) is 5.75 Å². The van der Waals surface area contributed by atoms with Crippen molar-refractivity contribution < 1.29 is 41.9 Å². The molecule has 13 heteroatoms. The minimum absolute atomic E-state index is 0.118. The normalized spacial score (nSPS) is 16.9. The molecule has 0 radical (unpaired) electrons. The van der Waals surface area contributed by atoms with Crippen LogP contribution in [-0.2, 0) is 16.0 Å². The van der Waals surface area contributed by atoms with Gasteiger partial charge in [0, 0.05) is 43.4 Å². The second-order valence-electron chi connectivity index (χ2n) is 8.37. The molecule has 1 amide bonds. The quantitative estimate of drug-likeness (QED) is 0.358. The van der Waals surface area contributed by atoms with Crippen molar-refractivity contribution >= 4 is 17.7 Å². The van der Waals surface area contributed by atoms with E-state index in [4.69, 9.17) is 9.47 Å². The van der Waals surface area contributed by atoms with Gasteiger partial charge in [-0.05, 0) is 34.1 Å². The summed E-state index contributed by atoms with van der Waals surface area (Å²) in [5.41, 5.74) is -2.16. The van der Waals surface area contributed by atoms with Crippen LogP contribution >= 0.6 is 0 Å². The lowest BCUT2D eigenvalue weighted by molar-refractivity contribution is -0.385. The van der Waals surface area contributed by atoms with E-state index in [9.17, 15) is 32.9 Å². The molecule has 0 aromatic heterocycles. The molecule has 1 N–H and O–H groups in total. The summed E-state index contributed by atoms with van der Waals surface area (Å²) in [7, 11) is 0. The summed E-state index contributed by atoms with van der Waals surface area (Å²) in [6.45, 7) is 7.01. The van der Waals surface area contributed by atoms with Gasteiger partial charge in [0.25, 0.3) is 5.69 Å². The number of hydrogen-bond donors (Lipinski definition) is 1. The molecule has 2 rings (SSSR count). The molecule has 1 unspecified atom stereocenters. The largest absolute Gasteiger partial charge is 0.573 e. The van der Waals surface area contributed by atoms with Gasteiger partial charge in [-0.15, -0.1) is 13.2 Å². The number of hydrogen-bond acceptors (Lipinski definition) is 8. The molecule has 184 valence electrons. The first-order valence-corrected chi connectivity index (χ1v) is 10.1. The minimum atomic E-state index is -5.08. The van der Waals surface area contributed by atoms with Crippen molar-refractivity contribution in [1.29, 1.82) is 0 Å². The van der Waals surface area contributed by atoms with Crippen molar-refractivity contribution in [2.45, 2.75) is 58.7 Å². The van der Waals surface area contributed by atoms with Crippen molar-refractivity contribution in [3.63, 3.8) is 0 Å². The Morgan fingerprint density at radius 3 is 2.48 bits per heavy atom. The number of amides is 1. The predicted molar refractivity (Wildman–Crippen MR) is 109 cm³/mol. The SMILES string of the molecule is CCOC(=O)c1cc(OC(F)(F)F)c(CN2CCC(NC(=O)OC(C)(C)C)C2)cc1[N+](=O)[O-]. The number of ether oxygens (including phenoxy) is 3. The third kappa shape index (κ3) is 8.08. The van der Waals surface area contributed by atoms with Crippen LogP contribution in [0, 0.1) is 10.1 Å². The van der Waals surface area contributed by atoms with Crippen LogP contribution in [0.25, 0.3) is 0 Å². The Hall–Kier alpha value is -3.09. The van der Waals surface area contributed by atoms with E-state index in [1.807, 2.05) is 0 Å². The molecule has 1 fully saturated rings. The van der Waals surface area contributed by atoms with Crippen LogP contribution in [0.4, 0.5) is 23.7 Å². The minimum Gasteiger partial charge on any atom is -0.462 e. The summed E-state index contributed by atoms with van der Waals surface area (Å²) < 4.78 is 52.9. The lowest BCUT2D eigenvalue weighted by atomic mass is 10.1. The Morgan fingerprint density at radius 2 is 1.94 bits per heavy atom. The molecule has 0 aliphatic carbocycles. The lowest BCUT2D eigenvalue weighted by Crippen LogP contribution is -2.40. The molecule has 1 aliphatic rings. The molecular formula is C20H26F3N3O7. The number of likely N-dealkylation sites (tertiary alicyclic amines) is 1. The fourth-order valence-corrected chi connectivity index (χ4v) is 3.29. The van der Waals surface area contributed by atoms with E-state index in [0.29, 0.717) is 19.0 Å². The van der Waals surface area contributed by atoms with Gasteiger partial charge in [0.2, 0.25) is 0 Å². The molecule has 1 saturated heterocycles. The predicted octanol–water partition coefficient (Wildman–Crippen LogP) is 3.77. The van der Waals surface area contributed by atoms with Gasteiger partial charge >= 0.3 is 18.4 Å². The molecule has 1 atom stereocenters. The zero-order valence-corrected chi connectivity index (χ0v) is 18.7. The number of halogens is 3. The Balaban J connectivity index is 2.26. The van der Waals surface area contributed by atoms with Crippen LogP contribution < -0.4 is 10.1 Å². The summed E-state index contributed by atoms with van der Waals surface area (Å²) in [6.07, 6.45) is -5.20. The van der Waals surface area contributed by atoms with Gasteiger partial charge in [0.1, 0.15) is 16.9 Å². The highest BCUT2D eigenvalue weighted by atomic mass is 19.4. The topological polar surface area (TPSA) is 120 Å². The molecule has 1 aromatic carbocycles. The molecule has 10 nitrogen and oxygen atoms in total. The maximum Gasteiger partial charge on any atom is 0.573 e. The van der Waals surface area contributed by atoms with Gasteiger partial charge in [-0.3, -0.25) is 15.0 Å². The van der Waals surface area contributed by atoms with E-state index in [-0.39, 0.29) is 31.3 Å². The first kappa shape index (κ1) is 26.2. The van der Waals surface area contributed by atoms with Gasteiger partial charge < -0.3 is 19.5 Å². The van der Waals surface area contributed by atoms with E-state index in [1.54, 1.807) is 25.7 Å². The summed E-state index contributed by atoms with van der Waals surface area (Å²) in [4.78, 5) is 36.3. The number of carbonyl (C=O) groups is 2. The number of esters is 1. The number of nitro benzene ring substituents is 1. The summed E-state index contributed by atoms with van der Waals surface area (Å²) in [5, 5.41) is 14.2. The zero-order valence-electron chi connectivity index (χ0n) is 18.7. The third-order valence-corrected chi connectivity index (χ3v) is 4.48. The maximum atomic E-state index is 13.0. The van der Waals surface area contributed by atoms with Gasteiger partial charge in [-0.1, -0.05) is 0 Å². The summed E-state index contributed by atoms with van der Waals surface area (Å²) in [5.74, 6) is -1.87. The van der Waals surface area contributed by atoms with Crippen LogP contribution in [-0.4, -0.2) is 59.6 Å². The summed E-state index contributed by atoms with van der Waals surface area (Å²) in [6, 6.07) is 1.23. The number of nitrogens with one attached hydrogen (secondary N) is 1. The standard InChI is InChI=1S/C20H26F3N3O7/c1-5-31-17(27)14-9-16(32-20(21,22)23)12(8-15(14)26(29)30)10-25-7-6-13(11-25)24-18(28)33-19(2,3)4/h8-9,13H,5-7,10-11H2,1-4H3,(H,24,28). The summed E-state index contributed by atoms with van der Waals surface area (Å²) >= 11 is 0. The van der Waals surface area contributed by atoms with Crippen LogP contribution in [0.2, 0.25) is 0 Å². The van der Waals surface area contributed by atoms with E-state index in [0.717, 1.165) is 6.07 Å². The molecule has 0 bridgehead atoms. The first-order valence-electron chi connectivity index (χ1n) is 10.1. The third-order valence-electron chi connectivity index (χ3n) is 4.48. The van der Waals surface area contributed by atoms with E-state index in [2.05, 4.69) is 10.1 Å². The number of carbonyl (C=O) groups excluding carboxylic acids is 2. The van der Waals surface area contributed by atoms with Crippen LogP contribution in [0.1, 0.15) is 50.0 Å². The molecule has 0 saturated carbocycles. The maximum absolute atomic E-state index is 13.0. The van der Waals surface area contributed by atoms with E-state index >= 15 is 0 Å². The highest BCUT2D eigenvalue weighted by Crippen LogP contribution is 2.34. The van der Waals surface area contributed by atoms with E-state index in [1.165, 1.54) is 6.92 Å². The fraction of sp³-hybridized carbons (Fsp3) is 0.600. The van der Waals surface area contributed by atoms with Gasteiger partial charge in [0.05, 0.1) is 11.5 Å². The van der Waals surface area contributed by atoms with E-state index < -0.39 is 45.9 Å².